The third-order valence-electron chi connectivity index (χ3n) is 1.43. The molecule has 0 aliphatic heterocycles. The third-order valence-corrected chi connectivity index (χ3v) is 3.05. The summed E-state index contributed by atoms with van der Waals surface area (Å²) >= 11 is 5.52. The Morgan fingerprint density at radius 1 is 1.67 bits per heavy atom. The van der Waals surface area contributed by atoms with Crippen LogP contribution in [-0.2, 0) is 12.9 Å². The molecular formula is C5H8Cl2N2O2S. The quantitative estimate of drug-likeness (QED) is 0.768. The molecular weight excluding hydrogens is 223 g/mol. The molecule has 1 heterocycles. The zero-order valence-electron chi connectivity index (χ0n) is 6.24. The van der Waals surface area contributed by atoms with Gasteiger partial charge in [0.05, 0.1) is 12.1 Å². The van der Waals surface area contributed by atoms with E-state index in [1.165, 1.54) is 10.8 Å². The Labute approximate surface area is 81.0 Å². The van der Waals surface area contributed by atoms with Crippen molar-refractivity contribution in [3.63, 3.8) is 0 Å². The predicted octanol–water partition coefficient (Wildman–Crippen LogP) is 2.42. The second-order valence-corrected chi connectivity index (χ2v) is 5.12. The normalized spacial score (nSPS) is 13.4. The monoisotopic (exact) mass is 230 g/mol. The Morgan fingerprint density at radius 3 is 2.50 bits per heavy atom. The van der Waals surface area contributed by atoms with Crippen LogP contribution in [0.4, 0.5) is 0 Å². The van der Waals surface area contributed by atoms with Crippen LogP contribution in [0.15, 0.2) is 11.2 Å². The minimum atomic E-state index is -3.21. The highest BCUT2D eigenvalue weighted by atomic mass is 35.7. The van der Waals surface area contributed by atoms with E-state index in [0.717, 1.165) is 0 Å². The van der Waals surface area contributed by atoms with Gasteiger partial charge in [-0.15, -0.1) is 11.6 Å². The first-order valence-corrected chi connectivity index (χ1v) is 5.92. The van der Waals surface area contributed by atoms with Crippen molar-refractivity contribution in [3.05, 3.63) is 12.0 Å². The van der Waals surface area contributed by atoms with Crippen molar-refractivity contribution in [2.24, 2.45) is 7.05 Å². The molecule has 2 N–H and O–H groups in total. The molecule has 1 aromatic heterocycles. The summed E-state index contributed by atoms with van der Waals surface area (Å²) in [5, 5.41) is 0.180. The van der Waals surface area contributed by atoms with Gasteiger partial charge in [0.25, 0.3) is 0 Å². The van der Waals surface area contributed by atoms with E-state index < -0.39 is 9.80 Å². The SMILES string of the molecule is Cn1c(S(O)(O)Cl)cnc1CCl. The summed E-state index contributed by atoms with van der Waals surface area (Å²) in [6.07, 6.45) is 1.31. The van der Waals surface area contributed by atoms with E-state index in [2.05, 4.69) is 4.98 Å². The molecule has 0 amide bonds. The third kappa shape index (κ3) is 1.86. The van der Waals surface area contributed by atoms with Crippen molar-refractivity contribution in [1.29, 1.82) is 0 Å². The van der Waals surface area contributed by atoms with Gasteiger partial charge in [0.1, 0.15) is 5.82 Å². The van der Waals surface area contributed by atoms with E-state index in [1.807, 2.05) is 0 Å². The molecule has 1 aromatic rings. The van der Waals surface area contributed by atoms with Gasteiger partial charge in [0.2, 0.25) is 0 Å². The van der Waals surface area contributed by atoms with Crippen molar-refractivity contribution >= 4 is 32.1 Å². The van der Waals surface area contributed by atoms with Gasteiger partial charge in [-0.05, 0) is 0 Å². The fraction of sp³-hybridized carbons (Fsp3) is 0.400. The van der Waals surface area contributed by atoms with Crippen LogP contribution in [0.5, 0.6) is 0 Å². The minimum Gasteiger partial charge on any atom is -0.316 e. The van der Waals surface area contributed by atoms with Crippen LogP contribution < -0.4 is 0 Å². The number of imidazole rings is 1. The van der Waals surface area contributed by atoms with Crippen LogP contribution in [0.2, 0.25) is 0 Å². The van der Waals surface area contributed by atoms with Crippen LogP contribution >= 0.6 is 32.1 Å². The summed E-state index contributed by atoms with van der Waals surface area (Å²) in [6.45, 7) is 0. The molecule has 0 aliphatic carbocycles. The fourth-order valence-electron chi connectivity index (χ4n) is 0.796. The summed E-state index contributed by atoms with van der Waals surface area (Å²) in [7, 11) is 3.74. The smallest absolute Gasteiger partial charge is 0.164 e. The van der Waals surface area contributed by atoms with Gasteiger partial charge in [-0.2, -0.15) is 0 Å². The molecule has 0 saturated carbocycles. The van der Waals surface area contributed by atoms with E-state index >= 15 is 0 Å². The highest BCUT2D eigenvalue weighted by molar-refractivity contribution is 8.43. The standard InChI is InChI=1S/C5H8Cl2N2O2S/c1-9-4(2-6)8-3-5(9)12(7,10)11/h3,10-11H,2H2,1H3. The lowest BCUT2D eigenvalue weighted by molar-refractivity contribution is 0.496. The van der Waals surface area contributed by atoms with E-state index in [4.69, 9.17) is 31.4 Å². The first-order chi connectivity index (χ1) is 5.46. The van der Waals surface area contributed by atoms with Crippen molar-refractivity contribution in [1.82, 2.24) is 9.55 Å². The van der Waals surface area contributed by atoms with Gasteiger partial charge in [0.15, 0.2) is 5.03 Å². The maximum Gasteiger partial charge on any atom is 0.164 e. The van der Waals surface area contributed by atoms with Crippen LogP contribution in [0.3, 0.4) is 0 Å². The Morgan fingerprint density at radius 2 is 2.25 bits per heavy atom. The first-order valence-electron chi connectivity index (χ1n) is 3.01. The molecule has 0 radical (unpaired) electrons. The lowest BCUT2D eigenvalue weighted by atomic mass is 10.7. The van der Waals surface area contributed by atoms with Crippen LogP contribution in [0.1, 0.15) is 5.82 Å². The van der Waals surface area contributed by atoms with Crippen LogP contribution in [0, 0.1) is 0 Å². The van der Waals surface area contributed by atoms with Crippen molar-refractivity contribution < 1.29 is 9.11 Å². The molecule has 0 aromatic carbocycles. The molecule has 0 saturated heterocycles. The molecule has 4 nitrogen and oxygen atoms in total. The van der Waals surface area contributed by atoms with Gasteiger partial charge in [-0.25, -0.2) is 4.98 Å². The fourth-order valence-corrected chi connectivity index (χ4v) is 2.11. The summed E-state index contributed by atoms with van der Waals surface area (Å²) in [5.74, 6) is 0.760. The molecule has 0 atom stereocenters. The Balaban J connectivity index is 3.11. The number of hydrogen-bond acceptors (Lipinski definition) is 3. The Kier molecular flexibility index (Phi) is 2.90. The van der Waals surface area contributed by atoms with Gasteiger partial charge in [-0.3, -0.25) is 9.11 Å². The first kappa shape index (κ1) is 10.1. The highest BCUT2D eigenvalue weighted by Crippen LogP contribution is 2.52. The molecule has 0 aliphatic rings. The molecule has 7 heteroatoms. The molecule has 0 fully saturated rings. The van der Waals surface area contributed by atoms with E-state index in [0.29, 0.717) is 5.82 Å². The van der Waals surface area contributed by atoms with Crippen molar-refractivity contribution in [2.45, 2.75) is 10.9 Å². The lowest BCUT2D eigenvalue weighted by Crippen LogP contribution is -2.01. The van der Waals surface area contributed by atoms with E-state index in [-0.39, 0.29) is 10.9 Å². The zero-order chi connectivity index (χ0) is 9.35. The lowest BCUT2D eigenvalue weighted by Gasteiger charge is -2.22. The molecule has 70 valence electrons. The van der Waals surface area contributed by atoms with Gasteiger partial charge in [-0.1, -0.05) is 9.80 Å². The summed E-state index contributed by atoms with van der Waals surface area (Å²) in [5.41, 5.74) is 0. The average Bonchev–Trinajstić information content (AvgIpc) is 2.29. The van der Waals surface area contributed by atoms with Gasteiger partial charge >= 0.3 is 0 Å². The van der Waals surface area contributed by atoms with E-state index in [1.54, 1.807) is 7.05 Å². The molecule has 0 bridgehead atoms. The number of alkyl halides is 1. The zero-order valence-corrected chi connectivity index (χ0v) is 8.57. The summed E-state index contributed by atoms with van der Waals surface area (Å²) in [4.78, 5) is 3.85. The highest BCUT2D eigenvalue weighted by Gasteiger charge is 2.18. The summed E-state index contributed by atoms with van der Waals surface area (Å²) in [6, 6.07) is 0. The van der Waals surface area contributed by atoms with Gasteiger partial charge < -0.3 is 4.57 Å². The number of halogens is 2. The Bertz CT molecular complexity index is 283. The molecule has 1 rings (SSSR count). The maximum atomic E-state index is 9.08. The number of aromatic nitrogens is 2. The molecule has 0 unspecified atom stereocenters. The number of hydrogen-bond donors (Lipinski definition) is 2. The van der Waals surface area contributed by atoms with Crippen molar-refractivity contribution in [3.8, 4) is 0 Å². The second kappa shape index (κ2) is 3.43. The predicted molar refractivity (Wildman–Crippen MR) is 49.7 cm³/mol. The Hall–Kier alpha value is 0.0600. The maximum absolute atomic E-state index is 9.08. The van der Waals surface area contributed by atoms with Crippen molar-refractivity contribution in [2.75, 3.05) is 0 Å². The summed E-state index contributed by atoms with van der Waals surface area (Å²) < 4.78 is 19.6. The van der Waals surface area contributed by atoms with Crippen LogP contribution in [-0.4, -0.2) is 18.7 Å². The minimum absolute atomic E-state index is 0.180. The molecule has 12 heavy (non-hydrogen) atoms. The molecule has 0 spiro atoms. The van der Waals surface area contributed by atoms with Gasteiger partial charge in [0, 0.05) is 17.7 Å². The number of rotatable bonds is 2. The second-order valence-electron chi connectivity index (χ2n) is 2.18. The van der Waals surface area contributed by atoms with Crippen LogP contribution in [0.25, 0.3) is 0 Å². The van der Waals surface area contributed by atoms with E-state index in [9.17, 15) is 0 Å². The average molecular weight is 231 g/mol. The topological polar surface area (TPSA) is 58.3 Å². The number of nitrogens with zero attached hydrogens (tertiary/aromatic N) is 2. The largest absolute Gasteiger partial charge is 0.316 e.